The monoisotopic (exact) mass is 311 g/mol. The third-order valence-corrected chi connectivity index (χ3v) is 3.53. The number of amides is 1. The molecular weight excluding hydrogens is 286 g/mol. The number of benzene rings is 1. The van der Waals surface area contributed by atoms with Gasteiger partial charge in [0.25, 0.3) is 5.91 Å². The highest BCUT2D eigenvalue weighted by atomic mass is 35.5. The highest BCUT2D eigenvalue weighted by molar-refractivity contribution is 6.18. The van der Waals surface area contributed by atoms with E-state index in [1.165, 1.54) is 0 Å². The summed E-state index contributed by atoms with van der Waals surface area (Å²) in [5.74, 6) is 1.66. The summed E-state index contributed by atoms with van der Waals surface area (Å²) < 4.78 is 5.58. The molecule has 1 atom stereocenters. The molecule has 0 saturated heterocycles. The number of rotatable bonds is 9. The lowest BCUT2D eigenvalue weighted by molar-refractivity contribution is 0.0936. The number of nitrogens with one attached hydrogen (secondary N) is 1. The van der Waals surface area contributed by atoms with Crippen LogP contribution in [0.25, 0.3) is 0 Å². The van der Waals surface area contributed by atoms with Gasteiger partial charge in [-0.2, -0.15) is 0 Å². The molecule has 0 radical (unpaired) electrons. The zero-order chi connectivity index (χ0) is 15.7. The molecule has 0 saturated carbocycles. The molecule has 3 nitrogen and oxygen atoms in total. The number of ether oxygens (including phenoxy) is 1. The Morgan fingerprint density at radius 1 is 1.29 bits per heavy atom. The van der Waals surface area contributed by atoms with Gasteiger partial charge in [0, 0.05) is 17.5 Å². The number of alkyl halides is 1. The fourth-order valence-corrected chi connectivity index (χ4v) is 2.24. The van der Waals surface area contributed by atoms with Crippen LogP contribution in [0, 0.1) is 5.92 Å². The molecular formula is C17H26ClNO2. The van der Waals surface area contributed by atoms with E-state index in [9.17, 15) is 4.79 Å². The van der Waals surface area contributed by atoms with E-state index in [0.29, 0.717) is 24.0 Å². The van der Waals surface area contributed by atoms with Crippen molar-refractivity contribution in [3.63, 3.8) is 0 Å². The lowest BCUT2D eigenvalue weighted by Crippen LogP contribution is -2.37. The third-order valence-electron chi connectivity index (χ3n) is 3.16. The van der Waals surface area contributed by atoms with E-state index in [0.717, 1.165) is 25.0 Å². The van der Waals surface area contributed by atoms with Gasteiger partial charge in [0.1, 0.15) is 5.75 Å². The van der Waals surface area contributed by atoms with E-state index in [1.54, 1.807) is 12.1 Å². The summed E-state index contributed by atoms with van der Waals surface area (Å²) in [4.78, 5) is 12.2. The first-order valence-corrected chi connectivity index (χ1v) is 8.20. The molecule has 0 aliphatic rings. The maximum atomic E-state index is 12.2. The largest absolute Gasteiger partial charge is 0.494 e. The highest BCUT2D eigenvalue weighted by Crippen LogP contribution is 2.13. The van der Waals surface area contributed by atoms with Crippen molar-refractivity contribution in [3.05, 3.63) is 29.8 Å². The Morgan fingerprint density at radius 3 is 2.48 bits per heavy atom. The molecule has 1 unspecified atom stereocenters. The average molecular weight is 312 g/mol. The van der Waals surface area contributed by atoms with Crippen LogP contribution in [0.1, 0.15) is 50.4 Å². The number of halogens is 1. The molecule has 0 spiro atoms. The summed E-state index contributed by atoms with van der Waals surface area (Å²) in [6.45, 7) is 7.08. The van der Waals surface area contributed by atoms with Crippen LogP contribution in [0.5, 0.6) is 5.75 Å². The summed E-state index contributed by atoms with van der Waals surface area (Å²) in [5, 5.41) is 2.97. The molecule has 1 amide bonds. The smallest absolute Gasteiger partial charge is 0.251 e. The number of carbonyl (C=O) groups is 1. The van der Waals surface area contributed by atoms with Gasteiger partial charge in [0.2, 0.25) is 0 Å². The Morgan fingerprint density at radius 2 is 1.95 bits per heavy atom. The van der Waals surface area contributed by atoms with Gasteiger partial charge in [-0.05, 0) is 43.0 Å². The fraction of sp³-hybridized carbons (Fsp3) is 0.588. The lowest BCUT2D eigenvalue weighted by atomic mass is 10.0. The predicted octanol–water partition coefficient (Wildman–Crippen LogP) is 4.25. The number of hydrogen-bond donors (Lipinski definition) is 1. The molecule has 1 aromatic rings. The molecule has 0 aliphatic heterocycles. The SMILES string of the molecule is CCCCOc1ccc(C(=O)NC(CCl)CC(C)C)cc1. The van der Waals surface area contributed by atoms with Crippen molar-refractivity contribution < 1.29 is 9.53 Å². The predicted molar refractivity (Wildman–Crippen MR) is 88.3 cm³/mol. The van der Waals surface area contributed by atoms with Crippen LogP contribution in [0.4, 0.5) is 0 Å². The number of carbonyl (C=O) groups excluding carboxylic acids is 1. The Hall–Kier alpha value is -1.22. The van der Waals surface area contributed by atoms with Crippen molar-refractivity contribution in [3.8, 4) is 5.75 Å². The number of unbranched alkanes of at least 4 members (excludes halogenated alkanes) is 1. The fourth-order valence-electron chi connectivity index (χ4n) is 2.04. The van der Waals surface area contributed by atoms with Gasteiger partial charge in [-0.15, -0.1) is 11.6 Å². The van der Waals surface area contributed by atoms with Crippen LogP contribution in [0.2, 0.25) is 0 Å². The van der Waals surface area contributed by atoms with Gasteiger partial charge >= 0.3 is 0 Å². The average Bonchev–Trinajstić information content (AvgIpc) is 2.47. The van der Waals surface area contributed by atoms with Crippen molar-refractivity contribution in [2.24, 2.45) is 5.92 Å². The minimum atomic E-state index is -0.0820. The van der Waals surface area contributed by atoms with Crippen molar-refractivity contribution >= 4 is 17.5 Å². The molecule has 0 bridgehead atoms. The summed E-state index contributed by atoms with van der Waals surface area (Å²) in [5.41, 5.74) is 0.636. The Kier molecular flexibility index (Phi) is 8.21. The molecule has 0 aromatic heterocycles. The van der Waals surface area contributed by atoms with E-state index in [2.05, 4.69) is 26.1 Å². The Bertz CT molecular complexity index is 417. The molecule has 118 valence electrons. The zero-order valence-electron chi connectivity index (χ0n) is 13.2. The lowest BCUT2D eigenvalue weighted by Gasteiger charge is -2.18. The van der Waals surface area contributed by atoms with Crippen LogP contribution >= 0.6 is 11.6 Å². The Balaban J connectivity index is 2.53. The van der Waals surface area contributed by atoms with Gasteiger partial charge in [-0.1, -0.05) is 27.2 Å². The van der Waals surface area contributed by atoms with E-state index >= 15 is 0 Å². The minimum absolute atomic E-state index is 0.0136. The molecule has 21 heavy (non-hydrogen) atoms. The summed E-state index contributed by atoms with van der Waals surface area (Å²) >= 11 is 5.90. The first kappa shape index (κ1) is 17.8. The normalized spacial score (nSPS) is 12.2. The van der Waals surface area contributed by atoms with Gasteiger partial charge in [-0.3, -0.25) is 4.79 Å². The van der Waals surface area contributed by atoms with Gasteiger partial charge in [0.15, 0.2) is 0 Å². The van der Waals surface area contributed by atoms with Crippen molar-refractivity contribution in [1.82, 2.24) is 5.32 Å². The van der Waals surface area contributed by atoms with Crippen LogP contribution in [0.15, 0.2) is 24.3 Å². The molecule has 1 N–H and O–H groups in total. The van der Waals surface area contributed by atoms with E-state index in [4.69, 9.17) is 16.3 Å². The topological polar surface area (TPSA) is 38.3 Å². The van der Waals surface area contributed by atoms with Crippen LogP contribution in [0.3, 0.4) is 0 Å². The highest BCUT2D eigenvalue weighted by Gasteiger charge is 2.14. The second-order valence-electron chi connectivity index (χ2n) is 5.68. The van der Waals surface area contributed by atoms with Gasteiger partial charge in [-0.25, -0.2) is 0 Å². The number of hydrogen-bond acceptors (Lipinski definition) is 2. The summed E-state index contributed by atoms with van der Waals surface area (Å²) in [7, 11) is 0. The second-order valence-corrected chi connectivity index (χ2v) is 5.99. The van der Waals surface area contributed by atoms with Crippen LogP contribution in [-0.2, 0) is 0 Å². The second kappa shape index (κ2) is 9.67. The quantitative estimate of drug-likeness (QED) is 0.547. The summed E-state index contributed by atoms with van der Waals surface area (Å²) in [6.07, 6.45) is 3.03. The molecule has 0 heterocycles. The van der Waals surface area contributed by atoms with Crippen LogP contribution < -0.4 is 10.1 Å². The molecule has 0 fully saturated rings. The van der Waals surface area contributed by atoms with Crippen molar-refractivity contribution in [2.45, 2.75) is 46.1 Å². The summed E-state index contributed by atoms with van der Waals surface area (Å²) in [6, 6.07) is 7.26. The van der Waals surface area contributed by atoms with Crippen LogP contribution in [-0.4, -0.2) is 24.4 Å². The van der Waals surface area contributed by atoms with E-state index < -0.39 is 0 Å². The first-order valence-electron chi connectivity index (χ1n) is 7.66. The molecule has 0 aliphatic carbocycles. The van der Waals surface area contributed by atoms with Crippen molar-refractivity contribution in [2.75, 3.05) is 12.5 Å². The third kappa shape index (κ3) is 6.85. The van der Waals surface area contributed by atoms with Gasteiger partial charge < -0.3 is 10.1 Å². The van der Waals surface area contributed by atoms with E-state index in [1.807, 2.05) is 12.1 Å². The zero-order valence-corrected chi connectivity index (χ0v) is 14.0. The van der Waals surface area contributed by atoms with Gasteiger partial charge in [0.05, 0.1) is 6.61 Å². The Labute approximate surface area is 133 Å². The van der Waals surface area contributed by atoms with Crippen molar-refractivity contribution in [1.29, 1.82) is 0 Å². The molecule has 4 heteroatoms. The maximum Gasteiger partial charge on any atom is 0.251 e. The van der Waals surface area contributed by atoms with E-state index in [-0.39, 0.29) is 11.9 Å². The standard InChI is InChI=1S/C17H26ClNO2/c1-4-5-10-21-16-8-6-14(7-9-16)17(20)19-15(12-18)11-13(2)3/h6-9,13,15H,4-5,10-12H2,1-3H3,(H,19,20). The minimum Gasteiger partial charge on any atom is -0.494 e. The maximum absolute atomic E-state index is 12.2. The molecule has 1 rings (SSSR count). The molecule has 1 aromatic carbocycles. The first-order chi connectivity index (χ1) is 10.1.